The zero-order valence-corrected chi connectivity index (χ0v) is 12.4. The number of halogens is 1. The molecule has 0 bridgehead atoms. The van der Waals surface area contributed by atoms with Crippen LogP contribution < -0.4 is 4.72 Å². The Bertz CT molecular complexity index is 772. The zero-order valence-electron chi connectivity index (χ0n) is 10.9. The maximum atomic E-state index is 12.2. The Labute approximate surface area is 126 Å². The Balaban J connectivity index is 2.32. The molecule has 1 unspecified atom stereocenters. The Morgan fingerprint density at radius 3 is 2.71 bits per heavy atom. The van der Waals surface area contributed by atoms with Gasteiger partial charge >= 0.3 is 5.97 Å². The van der Waals surface area contributed by atoms with Gasteiger partial charge in [-0.3, -0.25) is 5.10 Å². The Morgan fingerprint density at radius 1 is 1.43 bits per heavy atom. The third kappa shape index (κ3) is 3.23. The van der Waals surface area contributed by atoms with E-state index in [4.69, 9.17) is 16.7 Å². The van der Waals surface area contributed by atoms with Crippen LogP contribution >= 0.6 is 11.6 Å². The van der Waals surface area contributed by atoms with E-state index in [1.165, 1.54) is 0 Å². The largest absolute Gasteiger partial charge is 0.478 e. The molecule has 0 saturated heterocycles. The number of carboxylic acid groups (broad SMARTS) is 1. The van der Waals surface area contributed by atoms with Crippen molar-refractivity contribution in [1.29, 1.82) is 0 Å². The number of benzene rings is 1. The van der Waals surface area contributed by atoms with Gasteiger partial charge in [-0.05, 0) is 18.6 Å². The van der Waals surface area contributed by atoms with Crippen LogP contribution in [0.15, 0.2) is 35.5 Å². The van der Waals surface area contributed by atoms with Gasteiger partial charge < -0.3 is 5.11 Å². The van der Waals surface area contributed by atoms with Crippen molar-refractivity contribution in [2.75, 3.05) is 0 Å². The van der Waals surface area contributed by atoms with Crippen molar-refractivity contribution >= 4 is 27.6 Å². The molecule has 1 heterocycles. The van der Waals surface area contributed by atoms with E-state index < -0.39 is 32.6 Å². The molecule has 21 heavy (non-hydrogen) atoms. The SMILES string of the molecule is CC(NS(=O)(=O)c1[nH]ncc1C(=O)O)c1ccccc1Cl. The topological polar surface area (TPSA) is 112 Å². The molecule has 0 aliphatic rings. The van der Waals surface area contributed by atoms with E-state index in [1.54, 1.807) is 31.2 Å². The number of carboxylic acids is 1. The summed E-state index contributed by atoms with van der Waals surface area (Å²) in [5.74, 6) is -1.38. The lowest BCUT2D eigenvalue weighted by atomic mass is 10.1. The van der Waals surface area contributed by atoms with Gasteiger partial charge in [-0.25, -0.2) is 17.9 Å². The lowest BCUT2D eigenvalue weighted by Crippen LogP contribution is -2.28. The first-order valence-corrected chi connectivity index (χ1v) is 7.72. The van der Waals surface area contributed by atoms with Crippen molar-refractivity contribution in [1.82, 2.24) is 14.9 Å². The van der Waals surface area contributed by atoms with Gasteiger partial charge in [-0.2, -0.15) is 5.10 Å². The van der Waals surface area contributed by atoms with Gasteiger partial charge in [-0.15, -0.1) is 0 Å². The smallest absolute Gasteiger partial charge is 0.340 e. The number of nitrogens with one attached hydrogen (secondary N) is 2. The number of rotatable bonds is 5. The molecule has 9 heteroatoms. The van der Waals surface area contributed by atoms with E-state index in [2.05, 4.69) is 14.9 Å². The average Bonchev–Trinajstić information content (AvgIpc) is 2.88. The molecule has 112 valence electrons. The number of sulfonamides is 1. The summed E-state index contributed by atoms with van der Waals surface area (Å²) in [6.07, 6.45) is 0.942. The van der Waals surface area contributed by atoms with Crippen molar-refractivity contribution in [2.24, 2.45) is 0 Å². The van der Waals surface area contributed by atoms with Gasteiger partial charge in [0.05, 0.1) is 6.20 Å². The zero-order chi connectivity index (χ0) is 15.6. The standard InChI is InChI=1S/C12H12ClN3O4S/c1-7(8-4-2-3-5-10(8)13)16-21(19,20)11-9(12(17)18)6-14-15-11/h2-7,16H,1H3,(H,14,15)(H,17,18). The Kier molecular flexibility index (Phi) is 4.31. The third-order valence-electron chi connectivity index (χ3n) is 2.81. The van der Waals surface area contributed by atoms with E-state index in [-0.39, 0.29) is 0 Å². The van der Waals surface area contributed by atoms with Crippen LogP contribution in [-0.4, -0.2) is 29.7 Å². The van der Waals surface area contributed by atoms with Gasteiger partial charge in [0.1, 0.15) is 5.56 Å². The van der Waals surface area contributed by atoms with Gasteiger partial charge in [0, 0.05) is 11.1 Å². The molecule has 2 aromatic rings. The summed E-state index contributed by atoms with van der Waals surface area (Å²) in [6.45, 7) is 1.61. The summed E-state index contributed by atoms with van der Waals surface area (Å²) in [7, 11) is -4.06. The number of hydrogen-bond acceptors (Lipinski definition) is 4. The number of carbonyl (C=O) groups is 1. The molecule has 0 aliphatic carbocycles. The highest BCUT2D eigenvalue weighted by molar-refractivity contribution is 7.89. The number of aromatic nitrogens is 2. The lowest BCUT2D eigenvalue weighted by Gasteiger charge is -2.15. The van der Waals surface area contributed by atoms with E-state index in [1.807, 2.05) is 0 Å². The summed E-state index contributed by atoms with van der Waals surface area (Å²) >= 11 is 6.01. The summed E-state index contributed by atoms with van der Waals surface area (Å²) < 4.78 is 26.8. The molecule has 7 nitrogen and oxygen atoms in total. The number of hydrogen-bond donors (Lipinski definition) is 3. The van der Waals surface area contributed by atoms with Crippen molar-refractivity contribution in [3.8, 4) is 0 Å². The molecule has 0 aliphatic heterocycles. The van der Waals surface area contributed by atoms with Crippen LogP contribution in [0.4, 0.5) is 0 Å². The Morgan fingerprint density at radius 2 is 2.10 bits per heavy atom. The second kappa shape index (κ2) is 5.84. The predicted molar refractivity (Wildman–Crippen MR) is 75.7 cm³/mol. The predicted octanol–water partition coefficient (Wildman–Crippen LogP) is 1.80. The fourth-order valence-electron chi connectivity index (χ4n) is 1.81. The highest BCUT2D eigenvalue weighted by Gasteiger charge is 2.27. The normalized spacial score (nSPS) is 13.0. The third-order valence-corrected chi connectivity index (χ3v) is 4.66. The molecular weight excluding hydrogens is 318 g/mol. The second-order valence-corrected chi connectivity index (χ2v) is 6.34. The van der Waals surface area contributed by atoms with Crippen LogP contribution in [0.25, 0.3) is 0 Å². The molecule has 1 atom stereocenters. The van der Waals surface area contributed by atoms with Crippen LogP contribution in [0.3, 0.4) is 0 Å². The molecule has 0 spiro atoms. The van der Waals surface area contributed by atoms with Crippen LogP contribution in [0.5, 0.6) is 0 Å². The maximum absolute atomic E-state index is 12.2. The monoisotopic (exact) mass is 329 g/mol. The van der Waals surface area contributed by atoms with Crippen LogP contribution in [0.2, 0.25) is 5.02 Å². The molecule has 3 N–H and O–H groups in total. The molecule has 0 radical (unpaired) electrons. The molecule has 2 rings (SSSR count). The second-order valence-electron chi connectivity index (χ2n) is 4.28. The van der Waals surface area contributed by atoms with Gasteiger partial charge in [0.15, 0.2) is 5.03 Å². The van der Waals surface area contributed by atoms with E-state index in [9.17, 15) is 13.2 Å². The highest BCUT2D eigenvalue weighted by atomic mass is 35.5. The summed E-state index contributed by atoms with van der Waals surface area (Å²) in [4.78, 5) is 11.0. The van der Waals surface area contributed by atoms with Crippen molar-refractivity contribution in [2.45, 2.75) is 18.0 Å². The molecule has 1 aromatic carbocycles. The van der Waals surface area contributed by atoms with E-state index in [0.29, 0.717) is 10.6 Å². The fraction of sp³-hybridized carbons (Fsp3) is 0.167. The average molecular weight is 330 g/mol. The highest BCUT2D eigenvalue weighted by Crippen LogP contribution is 2.24. The minimum absolute atomic E-state index is 0.413. The first kappa shape index (κ1) is 15.5. The minimum Gasteiger partial charge on any atom is -0.478 e. The van der Waals surface area contributed by atoms with Crippen LogP contribution in [0, 0.1) is 0 Å². The minimum atomic E-state index is -4.06. The first-order chi connectivity index (χ1) is 9.83. The van der Waals surface area contributed by atoms with Crippen molar-refractivity contribution in [3.05, 3.63) is 46.6 Å². The quantitative estimate of drug-likeness (QED) is 0.774. The first-order valence-electron chi connectivity index (χ1n) is 5.86. The summed E-state index contributed by atoms with van der Waals surface area (Å²) in [5, 5.41) is 14.5. The molecule has 1 aromatic heterocycles. The molecule has 0 fully saturated rings. The van der Waals surface area contributed by atoms with Crippen molar-refractivity contribution in [3.63, 3.8) is 0 Å². The van der Waals surface area contributed by atoms with Crippen LogP contribution in [-0.2, 0) is 10.0 Å². The van der Waals surface area contributed by atoms with Crippen LogP contribution in [0.1, 0.15) is 28.9 Å². The number of nitrogens with zero attached hydrogens (tertiary/aromatic N) is 1. The van der Waals surface area contributed by atoms with E-state index >= 15 is 0 Å². The number of aromatic amines is 1. The fourth-order valence-corrected chi connectivity index (χ4v) is 3.42. The van der Waals surface area contributed by atoms with Gasteiger partial charge in [-0.1, -0.05) is 29.8 Å². The molecule has 0 amide bonds. The van der Waals surface area contributed by atoms with Gasteiger partial charge in [0.2, 0.25) is 0 Å². The lowest BCUT2D eigenvalue weighted by molar-refractivity contribution is 0.0692. The summed E-state index contributed by atoms with van der Waals surface area (Å²) in [6, 6.07) is 6.14. The number of H-pyrrole nitrogens is 1. The Hall–Kier alpha value is -1.90. The summed E-state index contributed by atoms with van der Waals surface area (Å²) in [5.41, 5.74) is 0.160. The van der Waals surface area contributed by atoms with Gasteiger partial charge in [0.25, 0.3) is 10.0 Å². The maximum Gasteiger partial charge on any atom is 0.340 e. The number of aromatic carboxylic acids is 1. The molecular formula is C12H12ClN3O4S. The molecule has 0 saturated carbocycles. The van der Waals surface area contributed by atoms with Crippen molar-refractivity contribution < 1.29 is 18.3 Å². The van der Waals surface area contributed by atoms with E-state index in [0.717, 1.165) is 6.20 Å².